The molecule has 0 aliphatic heterocycles. The normalized spacial score (nSPS) is 16.5. The third-order valence-electron chi connectivity index (χ3n) is 3.75. The molecular weight excluding hydrogens is 228 g/mol. The molecule has 0 atom stereocenters. The van der Waals surface area contributed by atoms with Gasteiger partial charge in [-0.1, -0.05) is 19.3 Å². The fourth-order valence-corrected chi connectivity index (χ4v) is 2.81. The second-order valence-electron chi connectivity index (χ2n) is 4.85. The van der Waals surface area contributed by atoms with E-state index in [0.29, 0.717) is 6.04 Å². The van der Waals surface area contributed by atoms with Gasteiger partial charge in [0.1, 0.15) is 0 Å². The molecule has 1 fully saturated rings. The van der Waals surface area contributed by atoms with E-state index in [1.807, 2.05) is 12.1 Å². The Morgan fingerprint density at radius 1 is 1.22 bits per heavy atom. The van der Waals surface area contributed by atoms with Crippen LogP contribution in [0.5, 0.6) is 0 Å². The smallest absolute Gasteiger partial charge is 0.269 e. The predicted molar refractivity (Wildman–Crippen MR) is 73.0 cm³/mol. The van der Waals surface area contributed by atoms with Crippen molar-refractivity contribution in [3.63, 3.8) is 0 Å². The first-order chi connectivity index (χ1) is 8.72. The first-order valence-corrected chi connectivity index (χ1v) is 6.73. The fraction of sp³-hybridized carbons (Fsp3) is 0.571. The second kappa shape index (κ2) is 5.85. The monoisotopic (exact) mass is 248 g/mol. The lowest BCUT2D eigenvalue weighted by atomic mass is 9.94. The van der Waals surface area contributed by atoms with Gasteiger partial charge in [-0.25, -0.2) is 0 Å². The van der Waals surface area contributed by atoms with Crippen molar-refractivity contribution in [1.29, 1.82) is 0 Å². The van der Waals surface area contributed by atoms with Gasteiger partial charge in [-0.05, 0) is 31.9 Å². The molecule has 0 radical (unpaired) electrons. The maximum Gasteiger partial charge on any atom is 0.269 e. The zero-order valence-corrected chi connectivity index (χ0v) is 10.8. The standard InChI is InChI=1S/C14H20N2O2/c1-2-15(12-6-4-3-5-7-12)13-8-10-14(11-9-13)16(17)18/h8-12H,2-7H2,1H3. The lowest BCUT2D eigenvalue weighted by Gasteiger charge is -2.35. The highest BCUT2D eigenvalue weighted by Crippen LogP contribution is 2.28. The molecule has 1 aromatic carbocycles. The Balaban J connectivity index is 2.13. The molecule has 0 bridgehead atoms. The lowest BCUT2D eigenvalue weighted by Crippen LogP contribution is -2.36. The van der Waals surface area contributed by atoms with Crippen LogP contribution in [0.1, 0.15) is 39.0 Å². The first-order valence-electron chi connectivity index (χ1n) is 6.73. The average Bonchev–Trinajstić information content (AvgIpc) is 2.41. The molecule has 18 heavy (non-hydrogen) atoms. The van der Waals surface area contributed by atoms with Crippen molar-refractivity contribution in [1.82, 2.24) is 0 Å². The summed E-state index contributed by atoms with van der Waals surface area (Å²) in [5.74, 6) is 0. The molecular formula is C14H20N2O2. The fourth-order valence-electron chi connectivity index (χ4n) is 2.81. The number of nitrogens with zero attached hydrogens (tertiary/aromatic N) is 2. The minimum absolute atomic E-state index is 0.165. The maximum absolute atomic E-state index is 10.6. The van der Waals surface area contributed by atoms with Crippen molar-refractivity contribution in [3.8, 4) is 0 Å². The number of benzene rings is 1. The van der Waals surface area contributed by atoms with Crippen LogP contribution in [0.4, 0.5) is 11.4 Å². The van der Waals surface area contributed by atoms with Crippen molar-refractivity contribution >= 4 is 11.4 Å². The molecule has 1 saturated carbocycles. The van der Waals surface area contributed by atoms with E-state index in [-0.39, 0.29) is 10.6 Å². The van der Waals surface area contributed by atoms with Crippen LogP contribution >= 0.6 is 0 Å². The van der Waals surface area contributed by atoms with E-state index < -0.39 is 0 Å². The SMILES string of the molecule is CCN(c1ccc([N+](=O)[O-])cc1)C1CCCCC1. The van der Waals surface area contributed by atoms with Crippen molar-refractivity contribution < 1.29 is 4.92 Å². The summed E-state index contributed by atoms with van der Waals surface area (Å²) < 4.78 is 0. The van der Waals surface area contributed by atoms with Crippen molar-refractivity contribution in [2.24, 2.45) is 0 Å². The van der Waals surface area contributed by atoms with E-state index >= 15 is 0 Å². The Morgan fingerprint density at radius 3 is 2.33 bits per heavy atom. The molecule has 0 heterocycles. The highest BCUT2D eigenvalue weighted by atomic mass is 16.6. The molecule has 0 aromatic heterocycles. The number of hydrogen-bond acceptors (Lipinski definition) is 3. The predicted octanol–water partition coefficient (Wildman–Crippen LogP) is 3.75. The summed E-state index contributed by atoms with van der Waals surface area (Å²) in [6.07, 6.45) is 6.42. The largest absolute Gasteiger partial charge is 0.369 e. The van der Waals surface area contributed by atoms with Crippen molar-refractivity contribution in [2.45, 2.75) is 45.1 Å². The molecule has 4 nitrogen and oxygen atoms in total. The number of anilines is 1. The van der Waals surface area contributed by atoms with Gasteiger partial charge in [-0.2, -0.15) is 0 Å². The van der Waals surface area contributed by atoms with Gasteiger partial charge < -0.3 is 4.90 Å². The maximum atomic E-state index is 10.6. The van der Waals surface area contributed by atoms with Crippen LogP contribution in [-0.4, -0.2) is 17.5 Å². The van der Waals surface area contributed by atoms with Crippen LogP contribution in [-0.2, 0) is 0 Å². The minimum atomic E-state index is -0.347. The Kier molecular flexibility index (Phi) is 4.18. The second-order valence-corrected chi connectivity index (χ2v) is 4.85. The zero-order valence-electron chi connectivity index (χ0n) is 10.8. The molecule has 1 aliphatic carbocycles. The van der Waals surface area contributed by atoms with Gasteiger partial charge in [0.25, 0.3) is 5.69 Å². The van der Waals surface area contributed by atoms with Gasteiger partial charge in [-0.3, -0.25) is 10.1 Å². The summed E-state index contributed by atoms with van der Waals surface area (Å²) in [7, 11) is 0. The summed E-state index contributed by atoms with van der Waals surface area (Å²) in [5, 5.41) is 10.6. The average molecular weight is 248 g/mol. The number of non-ortho nitro benzene ring substituents is 1. The van der Waals surface area contributed by atoms with Crippen molar-refractivity contribution in [2.75, 3.05) is 11.4 Å². The van der Waals surface area contributed by atoms with E-state index in [0.717, 1.165) is 12.2 Å². The third kappa shape index (κ3) is 2.81. The number of nitro groups is 1. The molecule has 0 saturated heterocycles. The molecule has 2 rings (SSSR count). The Hall–Kier alpha value is -1.58. The van der Waals surface area contributed by atoms with Gasteiger partial charge in [0.15, 0.2) is 0 Å². The van der Waals surface area contributed by atoms with Gasteiger partial charge >= 0.3 is 0 Å². The van der Waals surface area contributed by atoms with E-state index in [4.69, 9.17) is 0 Å². The van der Waals surface area contributed by atoms with Crippen LogP contribution in [0.15, 0.2) is 24.3 Å². The molecule has 4 heteroatoms. The highest BCUT2D eigenvalue weighted by molar-refractivity contribution is 5.51. The summed E-state index contributed by atoms with van der Waals surface area (Å²) >= 11 is 0. The van der Waals surface area contributed by atoms with Gasteiger partial charge in [-0.15, -0.1) is 0 Å². The van der Waals surface area contributed by atoms with Crippen LogP contribution in [0.25, 0.3) is 0 Å². The van der Waals surface area contributed by atoms with Crippen molar-refractivity contribution in [3.05, 3.63) is 34.4 Å². The summed E-state index contributed by atoms with van der Waals surface area (Å²) in [6, 6.07) is 7.54. The molecule has 1 aromatic rings. The Bertz CT molecular complexity index is 397. The van der Waals surface area contributed by atoms with E-state index in [9.17, 15) is 10.1 Å². The number of hydrogen-bond donors (Lipinski definition) is 0. The topological polar surface area (TPSA) is 46.4 Å². The molecule has 1 aliphatic rings. The Morgan fingerprint density at radius 2 is 1.83 bits per heavy atom. The first kappa shape index (κ1) is 12.9. The Labute approximate surface area is 108 Å². The van der Waals surface area contributed by atoms with E-state index in [2.05, 4.69) is 11.8 Å². The summed E-state index contributed by atoms with van der Waals surface area (Å²) in [5.41, 5.74) is 1.27. The molecule has 0 unspecified atom stereocenters. The van der Waals surface area contributed by atoms with Crippen LogP contribution in [0.3, 0.4) is 0 Å². The van der Waals surface area contributed by atoms with E-state index in [1.165, 1.54) is 32.1 Å². The van der Waals surface area contributed by atoms with Gasteiger partial charge in [0.2, 0.25) is 0 Å². The lowest BCUT2D eigenvalue weighted by molar-refractivity contribution is -0.384. The highest BCUT2D eigenvalue weighted by Gasteiger charge is 2.20. The van der Waals surface area contributed by atoms with Crippen LogP contribution < -0.4 is 4.90 Å². The number of rotatable bonds is 4. The van der Waals surface area contributed by atoms with Gasteiger partial charge in [0, 0.05) is 30.4 Å². The summed E-state index contributed by atoms with van der Waals surface area (Å²) in [6.45, 7) is 3.11. The van der Waals surface area contributed by atoms with Crippen LogP contribution in [0.2, 0.25) is 0 Å². The quantitative estimate of drug-likeness (QED) is 0.602. The molecule has 0 N–H and O–H groups in total. The minimum Gasteiger partial charge on any atom is -0.369 e. The number of nitro benzene ring substituents is 1. The van der Waals surface area contributed by atoms with Gasteiger partial charge in [0.05, 0.1) is 4.92 Å². The summed E-state index contributed by atoms with van der Waals surface area (Å²) in [4.78, 5) is 12.7. The molecule has 0 spiro atoms. The van der Waals surface area contributed by atoms with E-state index in [1.54, 1.807) is 12.1 Å². The third-order valence-corrected chi connectivity index (χ3v) is 3.75. The van der Waals surface area contributed by atoms with Crippen LogP contribution in [0, 0.1) is 10.1 Å². The molecule has 0 amide bonds. The molecule has 98 valence electrons. The zero-order chi connectivity index (χ0) is 13.0.